The molecule has 0 aromatic heterocycles. The topological polar surface area (TPSA) is 17.1 Å². The van der Waals surface area contributed by atoms with Crippen LogP contribution in [0.1, 0.15) is 91.9 Å². The first-order valence-corrected chi connectivity index (χ1v) is 17.9. The average Bonchev–Trinajstić information content (AvgIpc) is 2.53. The molecule has 1 aliphatic carbocycles. The molecule has 1 unspecified atom stereocenters. The van der Waals surface area contributed by atoms with Gasteiger partial charge in [0.15, 0.2) is 0 Å². The molecule has 1 saturated carbocycles. The number of Topliss-reactive ketones (excluding diaryl/α,β-unsaturated/α-hetero) is 1. The molecule has 0 aliphatic heterocycles. The molecule has 0 amide bonds. The fraction of sp³-hybridized carbons (Fsp3) is 0.857. The van der Waals surface area contributed by atoms with E-state index in [4.69, 9.17) is 0 Å². The van der Waals surface area contributed by atoms with E-state index in [-0.39, 0.29) is 5.41 Å². The van der Waals surface area contributed by atoms with Crippen molar-refractivity contribution in [3.63, 3.8) is 0 Å². The fourth-order valence-corrected chi connectivity index (χ4v) is 18.8. The van der Waals surface area contributed by atoms with Crippen molar-refractivity contribution in [2.24, 2.45) is 5.41 Å². The van der Waals surface area contributed by atoms with E-state index in [2.05, 4.69) is 37.9 Å². The van der Waals surface area contributed by atoms with Crippen molar-refractivity contribution >= 4 is 24.2 Å². The fourth-order valence-electron chi connectivity index (χ4n) is 4.05. The molecule has 1 aliphatic rings. The van der Waals surface area contributed by atoms with Gasteiger partial charge in [-0.05, 0) is 0 Å². The maximum atomic E-state index is 11.9. The van der Waals surface area contributed by atoms with Crippen LogP contribution >= 0.6 is 0 Å². The summed E-state index contributed by atoms with van der Waals surface area (Å²) in [6.45, 7) is 9.33. The molecular weight excluding hydrogens is 387 g/mol. The van der Waals surface area contributed by atoms with Crippen LogP contribution in [-0.2, 0) is 4.79 Å². The second kappa shape index (κ2) is 10.9. The summed E-state index contributed by atoms with van der Waals surface area (Å²) in [6.07, 6.45) is 14.7. The Bertz CT molecular complexity index is 352. The third-order valence-electron chi connectivity index (χ3n) is 5.73. The maximum absolute atomic E-state index is 11.9. The summed E-state index contributed by atoms with van der Waals surface area (Å²) in [4.78, 5) is 11.9. The van der Waals surface area contributed by atoms with Crippen LogP contribution in [0, 0.1) is 5.41 Å². The third kappa shape index (κ3) is 7.75. The van der Waals surface area contributed by atoms with Crippen molar-refractivity contribution in [2.75, 3.05) is 0 Å². The van der Waals surface area contributed by atoms with Crippen molar-refractivity contribution < 1.29 is 4.79 Å². The molecule has 134 valence electrons. The molecular formula is C21H40OSn. The standard InChI is InChI=1S/C9H13O.3C4H9.Sn/c1-3-9(2)6-4-5-8(10)7-9;3*1-3-4-2;/h1,3H,4-7H2,2H3;3*1,3-4H2,2H3;. The molecule has 0 N–H and O–H groups in total. The summed E-state index contributed by atoms with van der Waals surface area (Å²) in [5, 5.41) is 0. The van der Waals surface area contributed by atoms with Gasteiger partial charge in [0.05, 0.1) is 0 Å². The normalized spacial score (nSPS) is 22.9. The predicted molar refractivity (Wildman–Crippen MR) is 106 cm³/mol. The second-order valence-corrected chi connectivity index (χ2v) is 21.2. The number of hydrogen-bond acceptors (Lipinski definition) is 1. The van der Waals surface area contributed by atoms with Crippen LogP contribution in [0.3, 0.4) is 0 Å². The molecule has 0 radical (unpaired) electrons. The van der Waals surface area contributed by atoms with Crippen LogP contribution in [0.2, 0.25) is 13.3 Å². The van der Waals surface area contributed by atoms with Crippen LogP contribution < -0.4 is 0 Å². The Morgan fingerprint density at radius 3 is 1.96 bits per heavy atom. The molecule has 0 bridgehead atoms. The molecule has 0 heterocycles. The summed E-state index contributed by atoms with van der Waals surface area (Å²) in [5.74, 6) is 0.486. The molecule has 0 aromatic carbocycles. The van der Waals surface area contributed by atoms with Gasteiger partial charge >= 0.3 is 150 Å². The Hall–Kier alpha value is 0.209. The Kier molecular flexibility index (Phi) is 10.1. The average molecular weight is 427 g/mol. The molecule has 1 fully saturated rings. The zero-order valence-corrected chi connectivity index (χ0v) is 19.1. The molecule has 0 aromatic rings. The van der Waals surface area contributed by atoms with E-state index in [0.29, 0.717) is 5.78 Å². The monoisotopic (exact) mass is 428 g/mol. The quantitative estimate of drug-likeness (QED) is 0.322. The number of unbranched alkanes of at least 4 members (excludes halogenated alkanes) is 3. The molecule has 2 heteroatoms. The van der Waals surface area contributed by atoms with Gasteiger partial charge in [-0.15, -0.1) is 0 Å². The number of carbonyl (C=O) groups is 1. The zero-order valence-electron chi connectivity index (χ0n) is 16.3. The Morgan fingerprint density at radius 2 is 1.52 bits per heavy atom. The van der Waals surface area contributed by atoms with Gasteiger partial charge in [-0.25, -0.2) is 0 Å². The Labute approximate surface area is 149 Å². The zero-order chi connectivity index (χ0) is 17.2. The summed E-state index contributed by atoms with van der Waals surface area (Å²) in [7, 11) is 0. The first kappa shape index (κ1) is 21.3. The van der Waals surface area contributed by atoms with Crippen molar-refractivity contribution in [1.29, 1.82) is 0 Å². The van der Waals surface area contributed by atoms with E-state index in [1.54, 1.807) is 0 Å². The van der Waals surface area contributed by atoms with Crippen LogP contribution in [0.4, 0.5) is 0 Å². The molecule has 1 nitrogen and oxygen atoms in total. The molecule has 0 saturated heterocycles. The van der Waals surface area contributed by atoms with E-state index < -0.39 is 18.4 Å². The number of rotatable bonds is 11. The number of ketones is 1. The molecule has 1 rings (SSSR count). The van der Waals surface area contributed by atoms with Gasteiger partial charge in [-0.1, -0.05) is 0 Å². The van der Waals surface area contributed by atoms with Crippen LogP contribution in [-0.4, -0.2) is 24.2 Å². The Balaban J connectivity index is 2.89. The van der Waals surface area contributed by atoms with E-state index in [9.17, 15) is 4.79 Å². The van der Waals surface area contributed by atoms with Crippen LogP contribution in [0.15, 0.2) is 10.2 Å². The van der Waals surface area contributed by atoms with Crippen LogP contribution in [0.25, 0.3) is 0 Å². The van der Waals surface area contributed by atoms with Crippen molar-refractivity contribution in [2.45, 2.75) is 105 Å². The van der Waals surface area contributed by atoms with Crippen molar-refractivity contribution in [1.82, 2.24) is 0 Å². The van der Waals surface area contributed by atoms with Gasteiger partial charge in [0.1, 0.15) is 0 Å². The van der Waals surface area contributed by atoms with Crippen molar-refractivity contribution in [3.8, 4) is 0 Å². The van der Waals surface area contributed by atoms with Crippen molar-refractivity contribution in [3.05, 3.63) is 10.2 Å². The summed E-state index contributed by atoms with van der Waals surface area (Å²) < 4.78 is 7.37. The minimum atomic E-state index is -2.17. The minimum absolute atomic E-state index is 0.169. The number of hydrogen-bond donors (Lipinski definition) is 0. The van der Waals surface area contributed by atoms with E-state index in [1.165, 1.54) is 58.3 Å². The van der Waals surface area contributed by atoms with Gasteiger partial charge in [0.2, 0.25) is 0 Å². The Morgan fingerprint density at radius 1 is 1.00 bits per heavy atom. The number of carbonyl (C=O) groups excluding carboxylic acids is 1. The molecule has 0 spiro atoms. The van der Waals surface area contributed by atoms with Gasteiger partial charge in [-0.3, -0.25) is 0 Å². The second-order valence-electron chi connectivity index (χ2n) is 8.23. The van der Waals surface area contributed by atoms with Gasteiger partial charge < -0.3 is 0 Å². The van der Waals surface area contributed by atoms with Gasteiger partial charge in [0, 0.05) is 0 Å². The molecule has 23 heavy (non-hydrogen) atoms. The first-order chi connectivity index (χ1) is 11.0. The SMILES string of the molecule is CCC[CH2][Sn](/[CH]=C/C1(C)CCCC(=O)C1)([CH2]CCC)[CH2]CCC. The van der Waals surface area contributed by atoms with E-state index in [1.807, 2.05) is 0 Å². The van der Waals surface area contributed by atoms with Crippen LogP contribution in [0.5, 0.6) is 0 Å². The van der Waals surface area contributed by atoms with E-state index in [0.717, 1.165) is 19.3 Å². The predicted octanol–water partition coefficient (Wildman–Crippen LogP) is 7.08. The third-order valence-corrected chi connectivity index (χ3v) is 19.8. The van der Waals surface area contributed by atoms with Gasteiger partial charge in [0.25, 0.3) is 0 Å². The molecule has 1 atom stereocenters. The summed E-state index contributed by atoms with van der Waals surface area (Å²) in [5.41, 5.74) is 0.169. The summed E-state index contributed by atoms with van der Waals surface area (Å²) >= 11 is -2.17. The first-order valence-electron chi connectivity index (χ1n) is 10.2. The van der Waals surface area contributed by atoms with E-state index >= 15 is 0 Å². The van der Waals surface area contributed by atoms with Gasteiger partial charge in [-0.2, -0.15) is 0 Å². The number of allylic oxidation sites excluding steroid dienone is 1. The summed E-state index contributed by atoms with van der Waals surface area (Å²) in [6, 6.07) is 0.